The first kappa shape index (κ1) is 14.5. The molecular weight excluding hydrogens is 288 g/mol. The van der Waals surface area contributed by atoms with Crippen LogP contribution in [-0.2, 0) is 0 Å². The van der Waals surface area contributed by atoms with Crippen molar-refractivity contribution >= 4 is 11.6 Å². The molecular formula is C17H15F2NO2. The Morgan fingerprint density at radius 1 is 1.23 bits per heavy atom. The summed E-state index contributed by atoms with van der Waals surface area (Å²) in [5.41, 5.74) is 0.757. The molecule has 3 rings (SSSR count). The first-order valence-corrected chi connectivity index (χ1v) is 7.12. The van der Waals surface area contributed by atoms with E-state index in [1.54, 1.807) is 23.1 Å². The normalized spacial score (nSPS) is 16.9. The maximum Gasteiger partial charge on any atom is 0.258 e. The smallest absolute Gasteiger partial charge is 0.258 e. The minimum absolute atomic E-state index is 0.116. The number of rotatable bonds is 2. The SMILES string of the molecule is CCC1CN(C(=O)c2ccc(F)c(F)c2)c2ccccc2O1. The van der Waals surface area contributed by atoms with Crippen LogP contribution < -0.4 is 9.64 Å². The zero-order valence-electron chi connectivity index (χ0n) is 12.1. The number of halogens is 2. The Morgan fingerprint density at radius 3 is 2.73 bits per heavy atom. The van der Waals surface area contributed by atoms with E-state index in [0.717, 1.165) is 18.6 Å². The largest absolute Gasteiger partial charge is 0.486 e. The van der Waals surface area contributed by atoms with Crippen LogP contribution in [0.15, 0.2) is 42.5 Å². The molecule has 2 aromatic carbocycles. The maximum atomic E-state index is 13.4. The van der Waals surface area contributed by atoms with Gasteiger partial charge in [0.15, 0.2) is 11.6 Å². The molecule has 114 valence electrons. The number of carbonyl (C=O) groups is 1. The van der Waals surface area contributed by atoms with Crippen LogP contribution in [0.3, 0.4) is 0 Å². The van der Waals surface area contributed by atoms with Crippen LogP contribution in [0.1, 0.15) is 23.7 Å². The maximum absolute atomic E-state index is 13.4. The number of hydrogen-bond donors (Lipinski definition) is 0. The summed E-state index contributed by atoms with van der Waals surface area (Å²) in [5.74, 6) is -1.74. The molecule has 0 N–H and O–H groups in total. The third-order valence-electron chi connectivity index (χ3n) is 3.70. The van der Waals surface area contributed by atoms with Gasteiger partial charge in [0.05, 0.1) is 12.2 Å². The van der Waals surface area contributed by atoms with E-state index in [9.17, 15) is 13.6 Å². The molecule has 1 aliphatic heterocycles. The van der Waals surface area contributed by atoms with Crippen molar-refractivity contribution in [3.8, 4) is 5.75 Å². The molecule has 1 amide bonds. The van der Waals surface area contributed by atoms with Crippen molar-refractivity contribution in [2.75, 3.05) is 11.4 Å². The lowest BCUT2D eigenvalue weighted by atomic mass is 10.1. The molecule has 0 spiro atoms. The van der Waals surface area contributed by atoms with E-state index in [2.05, 4.69) is 0 Å². The Bertz CT molecular complexity index is 718. The second kappa shape index (κ2) is 5.75. The predicted molar refractivity (Wildman–Crippen MR) is 79.2 cm³/mol. The van der Waals surface area contributed by atoms with Crippen molar-refractivity contribution in [1.29, 1.82) is 0 Å². The Balaban J connectivity index is 1.99. The van der Waals surface area contributed by atoms with E-state index in [-0.39, 0.29) is 17.6 Å². The quantitative estimate of drug-likeness (QED) is 0.845. The van der Waals surface area contributed by atoms with Crippen molar-refractivity contribution in [3.63, 3.8) is 0 Å². The molecule has 22 heavy (non-hydrogen) atoms. The zero-order chi connectivity index (χ0) is 15.7. The molecule has 5 heteroatoms. The summed E-state index contributed by atoms with van der Waals surface area (Å²) in [6, 6.07) is 10.4. The average molecular weight is 303 g/mol. The van der Waals surface area contributed by atoms with Gasteiger partial charge in [-0.05, 0) is 36.8 Å². The summed E-state index contributed by atoms with van der Waals surface area (Å²) in [5, 5.41) is 0. The first-order chi connectivity index (χ1) is 10.6. The van der Waals surface area contributed by atoms with Gasteiger partial charge in [-0.25, -0.2) is 8.78 Å². The molecule has 1 heterocycles. The van der Waals surface area contributed by atoms with E-state index in [1.165, 1.54) is 6.07 Å². The van der Waals surface area contributed by atoms with Crippen molar-refractivity contribution in [2.24, 2.45) is 0 Å². The molecule has 0 aromatic heterocycles. The van der Waals surface area contributed by atoms with E-state index in [0.29, 0.717) is 18.0 Å². The van der Waals surface area contributed by atoms with Gasteiger partial charge in [0.25, 0.3) is 5.91 Å². The van der Waals surface area contributed by atoms with Gasteiger partial charge in [-0.2, -0.15) is 0 Å². The van der Waals surface area contributed by atoms with Crippen molar-refractivity contribution in [1.82, 2.24) is 0 Å². The van der Waals surface area contributed by atoms with Crippen LogP contribution in [0, 0.1) is 11.6 Å². The lowest BCUT2D eigenvalue weighted by molar-refractivity contribution is 0.0954. The summed E-state index contributed by atoms with van der Waals surface area (Å²) in [4.78, 5) is 14.2. The fraction of sp³-hybridized carbons (Fsp3) is 0.235. The lowest BCUT2D eigenvalue weighted by Crippen LogP contribution is -2.43. The van der Waals surface area contributed by atoms with Gasteiger partial charge in [0, 0.05) is 5.56 Å². The van der Waals surface area contributed by atoms with Gasteiger partial charge in [0.2, 0.25) is 0 Å². The molecule has 0 radical (unpaired) electrons. The van der Waals surface area contributed by atoms with Gasteiger partial charge in [0.1, 0.15) is 11.9 Å². The second-order valence-electron chi connectivity index (χ2n) is 5.16. The Hall–Kier alpha value is -2.43. The minimum atomic E-state index is -1.03. The topological polar surface area (TPSA) is 29.5 Å². The molecule has 0 saturated heterocycles. The summed E-state index contributed by atoms with van der Waals surface area (Å²) in [6.45, 7) is 2.35. The molecule has 0 fully saturated rings. The van der Waals surface area contributed by atoms with Gasteiger partial charge in [-0.3, -0.25) is 4.79 Å². The van der Waals surface area contributed by atoms with E-state index in [4.69, 9.17) is 4.74 Å². The summed E-state index contributed by atoms with van der Waals surface area (Å²) >= 11 is 0. The number of amides is 1. The van der Waals surface area contributed by atoms with Gasteiger partial charge >= 0.3 is 0 Å². The number of carbonyl (C=O) groups excluding carboxylic acids is 1. The predicted octanol–water partition coefficient (Wildman–Crippen LogP) is 3.78. The van der Waals surface area contributed by atoms with E-state index in [1.807, 2.05) is 13.0 Å². The van der Waals surface area contributed by atoms with Crippen molar-refractivity contribution < 1.29 is 18.3 Å². The number of benzene rings is 2. The van der Waals surface area contributed by atoms with Gasteiger partial charge < -0.3 is 9.64 Å². The van der Waals surface area contributed by atoms with Crippen molar-refractivity contribution in [2.45, 2.75) is 19.4 Å². The fourth-order valence-electron chi connectivity index (χ4n) is 2.49. The minimum Gasteiger partial charge on any atom is -0.486 e. The molecule has 1 aliphatic rings. The monoisotopic (exact) mass is 303 g/mol. The van der Waals surface area contributed by atoms with Crippen LogP contribution in [-0.4, -0.2) is 18.6 Å². The highest BCUT2D eigenvalue weighted by molar-refractivity contribution is 6.07. The molecule has 0 saturated carbocycles. The van der Waals surface area contributed by atoms with Crippen LogP contribution in [0.2, 0.25) is 0 Å². The van der Waals surface area contributed by atoms with Gasteiger partial charge in [-0.15, -0.1) is 0 Å². The van der Waals surface area contributed by atoms with Crippen molar-refractivity contribution in [3.05, 3.63) is 59.7 Å². The Kier molecular flexibility index (Phi) is 3.79. The number of ether oxygens (including phenoxy) is 1. The standard InChI is InChI=1S/C17H15F2NO2/c1-2-12-10-20(15-5-3-4-6-16(15)22-12)17(21)11-7-8-13(18)14(19)9-11/h3-9,12H,2,10H2,1H3. The number of nitrogens with zero attached hydrogens (tertiary/aromatic N) is 1. The van der Waals surface area contributed by atoms with E-state index >= 15 is 0 Å². The van der Waals surface area contributed by atoms with E-state index < -0.39 is 11.6 Å². The van der Waals surface area contributed by atoms with Crippen LogP contribution in [0.25, 0.3) is 0 Å². The van der Waals surface area contributed by atoms with Crippen LogP contribution in [0.4, 0.5) is 14.5 Å². The number of anilines is 1. The summed E-state index contributed by atoms with van der Waals surface area (Å²) < 4.78 is 32.2. The molecule has 1 unspecified atom stereocenters. The van der Waals surface area contributed by atoms with Crippen LogP contribution >= 0.6 is 0 Å². The third-order valence-corrected chi connectivity index (χ3v) is 3.70. The number of hydrogen-bond acceptors (Lipinski definition) is 2. The average Bonchev–Trinajstić information content (AvgIpc) is 2.55. The zero-order valence-corrected chi connectivity index (χ0v) is 12.1. The molecule has 1 atom stereocenters. The molecule has 0 bridgehead atoms. The molecule has 3 nitrogen and oxygen atoms in total. The van der Waals surface area contributed by atoms with Crippen LogP contribution in [0.5, 0.6) is 5.75 Å². The Labute approximate surface area is 127 Å². The third kappa shape index (κ3) is 2.54. The lowest BCUT2D eigenvalue weighted by Gasteiger charge is -2.34. The second-order valence-corrected chi connectivity index (χ2v) is 5.16. The Morgan fingerprint density at radius 2 is 2.00 bits per heavy atom. The highest BCUT2D eigenvalue weighted by atomic mass is 19.2. The summed E-state index contributed by atoms with van der Waals surface area (Å²) in [7, 11) is 0. The highest BCUT2D eigenvalue weighted by Crippen LogP contribution is 2.34. The first-order valence-electron chi connectivity index (χ1n) is 7.12. The fourth-order valence-corrected chi connectivity index (χ4v) is 2.49. The number of para-hydroxylation sites is 2. The highest BCUT2D eigenvalue weighted by Gasteiger charge is 2.29. The molecule has 0 aliphatic carbocycles. The molecule has 2 aromatic rings. The summed E-state index contributed by atoms with van der Waals surface area (Å²) in [6.07, 6.45) is 0.625. The van der Waals surface area contributed by atoms with Gasteiger partial charge in [-0.1, -0.05) is 19.1 Å². The number of fused-ring (bicyclic) bond motifs is 1.